The van der Waals surface area contributed by atoms with Crippen LogP contribution in [0.3, 0.4) is 0 Å². The second kappa shape index (κ2) is 10.9. The van der Waals surface area contributed by atoms with Gasteiger partial charge in [-0.15, -0.1) is 0 Å². The highest BCUT2D eigenvalue weighted by atomic mass is 16.5. The van der Waals surface area contributed by atoms with Gasteiger partial charge in [0.25, 0.3) is 0 Å². The molecule has 2 aromatic carbocycles. The Hall–Kier alpha value is -3.35. The summed E-state index contributed by atoms with van der Waals surface area (Å²) < 4.78 is 5.58. The molecule has 2 amide bonds. The van der Waals surface area contributed by atoms with Crippen molar-refractivity contribution in [3.8, 4) is 11.1 Å². The van der Waals surface area contributed by atoms with E-state index < -0.39 is 18.0 Å². The number of rotatable bonds is 8. The van der Waals surface area contributed by atoms with Gasteiger partial charge in [0.15, 0.2) is 0 Å². The number of hydrogen-bond donors (Lipinski definition) is 2. The number of amides is 2. The van der Waals surface area contributed by atoms with E-state index >= 15 is 0 Å². The van der Waals surface area contributed by atoms with Gasteiger partial charge < -0.3 is 20.1 Å². The van der Waals surface area contributed by atoms with E-state index in [1.807, 2.05) is 38.1 Å². The van der Waals surface area contributed by atoms with Crippen molar-refractivity contribution in [3.63, 3.8) is 0 Å². The van der Waals surface area contributed by atoms with Crippen molar-refractivity contribution in [2.75, 3.05) is 19.7 Å². The number of alkyl carbamates (subject to hydrolysis) is 1. The normalized spacial score (nSPS) is 20.0. The van der Waals surface area contributed by atoms with Gasteiger partial charge in [-0.25, -0.2) is 4.79 Å². The first-order valence-corrected chi connectivity index (χ1v) is 12.5. The average Bonchev–Trinajstić information content (AvgIpc) is 3.18. The van der Waals surface area contributed by atoms with Crippen LogP contribution in [0.4, 0.5) is 4.79 Å². The van der Waals surface area contributed by atoms with E-state index in [2.05, 4.69) is 29.6 Å². The maximum Gasteiger partial charge on any atom is 0.407 e. The molecule has 3 unspecified atom stereocenters. The van der Waals surface area contributed by atoms with Crippen molar-refractivity contribution in [1.29, 1.82) is 0 Å². The molecule has 1 heterocycles. The van der Waals surface area contributed by atoms with Gasteiger partial charge >= 0.3 is 12.1 Å². The first-order valence-electron chi connectivity index (χ1n) is 12.5. The molecule has 35 heavy (non-hydrogen) atoms. The number of carbonyl (C=O) groups is 3. The van der Waals surface area contributed by atoms with Gasteiger partial charge in [0.2, 0.25) is 5.91 Å². The monoisotopic (exact) mass is 478 g/mol. The molecule has 1 saturated heterocycles. The summed E-state index contributed by atoms with van der Waals surface area (Å²) in [6.45, 7) is 5.09. The van der Waals surface area contributed by atoms with Crippen LogP contribution in [0.1, 0.15) is 56.6 Å². The molecular formula is C28H34N2O5. The maximum atomic E-state index is 12.7. The third kappa shape index (κ3) is 5.50. The highest BCUT2D eigenvalue weighted by Crippen LogP contribution is 2.44. The summed E-state index contributed by atoms with van der Waals surface area (Å²) in [5.74, 6) is -1.24. The van der Waals surface area contributed by atoms with E-state index in [1.54, 1.807) is 4.90 Å². The Balaban J connectivity index is 1.22. The molecule has 2 aromatic rings. The van der Waals surface area contributed by atoms with Crippen LogP contribution in [0.15, 0.2) is 48.5 Å². The van der Waals surface area contributed by atoms with Crippen LogP contribution < -0.4 is 5.32 Å². The molecule has 186 valence electrons. The predicted molar refractivity (Wildman–Crippen MR) is 133 cm³/mol. The van der Waals surface area contributed by atoms with Gasteiger partial charge in [0.1, 0.15) is 6.61 Å². The topological polar surface area (TPSA) is 95.9 Å². The summed E-state index contributed by atoms with van der Waals surface area (Å²) in [5, 5.41) is 12.2. The lowest BCUT2D eigenvalue weighted by Crippen LogP contribution is -2.49. The van der Waals surface area contributed by atoms with Gasteiger partial charge in [0.05, 0.1) is 5.92 Å². The van der Waals surface area contributed by atoms with Gasteiger partial charge in [-0.05, 0) is 54.4 Å². The zero-order chi connectivity index (χ0) is 24.9. The lowest BCUT2D eigenvalue weighted by Gasteiger charge is -2.37. The molecule has 4 rings (SSSR count). The van der Waals surface area contributed by atoms with Crippen molar-refractivity contribution < 1.29 is 24.2 Å². The largest absolute Gasteiger partial charge is 0.481 e. The number of nitrogens with zero attached hydrogens (tertiary/aromatic N) is 1. The number of nitrogens with one attached hydrogen (secondary N) is 1. The number of ether oxygens (including phenoxy) is 1. The van der Waals surface area contributed by atoms with Crippen molar-refractivity contribution in [2.24, 2.45) is 11.8 Å². The lowest BCUT2D eigenvalue weighted by atomic mass is 9.90. The molecule has 0 spiro atoms. The van der Waals surface area contributed by atoms with E-state index in [1.165, 1.54) is 22.3 Å². The first-order chi connectivity index (χ1) is 16.9. The number of piperidine rings is 1. The summed E-state index contributed by atoms with van der Waals surface area (Å²) in [6, 6.07) is 16.1. The van der Waals surface area contributed by atoms with Crippen molar-refractivity contribution in [1.82, 2.24) is 10.2 Å². The van der Waals surface area contributed by atoms with Crippen LogP contribution in [-0.2, 0) is 14.3 Å². The van der Waals surface area contributed by atoms with Gasteiger partial charge in [-0.2, -0.15) is 0 Å². The number of fused-ring (bicyclic) bond motifs is 3. The van der Waals surface area contributed by atoms with E-state index in [0.717, 1.165) is 0 Å². The smallest absolute Gasteiger partial charge is 0.407 e. The zero-order valence-corrected chi connectivity index (χ0v) is 20.4. The van der Waals surface area contributed by atoms with Crippen molar-refractivity contribution in [3.05, 3.63) is 59.7 Å². The Morgan fingerprint density at radius 1 is 1.09 bits per heavy atom. The molecule has 0 aromatic heterocycles. The van der Waals surface area contributed by atoms with Crippen LogP contribution in [0.25, 0.3) is 11.1 Å². The molecular weight excluding hydrogens is 444 g/mol. The molecule has 1 aliphatic heterocycles. The minimum Gasteiger partial charge on any atom is -0.481 e. The van der Waals surface area contributed by atoms with E-state index in [0.29, 0.717) is 38.8 Å². The van der Waals surface area contributed by atoms with E-state index in [4.69, 9.17) is 4.74 Å². The first kappa shape index (κ1) is 24.8. The van der Waals surface area contributed by atoms with Crippen LogP contribution >= 0.6 is 0 Å². The molecule has 3 atom stereocenters. The third-order valence-electron chi connectivity index (χ3n) is 7.42. The van der Waals surface area contributed by atoms with Gasteiger partial charge in [0, 0.05) is 31.5 Å². The lowest BCUT2D eigenvalue weighted by molar-refractivity contribution is -0.149. The minimum absolute atomic E-state index is 0.0172. The van der Waals surface area contributed by atoms with Crippen LogP contribution in [0.5, 0.6) is 0 Å². The number of benzene rings is 2. The summed E-state index contributed by atoms with van der Waals surface area (Å²) in [5.41, 5.74) is 4.72. The Labute approximate surface area is 206 Å². The second-order valence-electron chi connectivity index (χ2n) is 9.76. The number of aliphatic carboxylic acids is 1. The zero-order valence-electron chi connectivity index (χ0n) is 20.4. The Bertz CT molecular complexity index is 1040. The molecule has 2 N–H and O–H groups in total. The summed E-state index contributed by atoms with van der Waals surface area (Å²) >= 11 is 0. The average molecular weight is 479 g/mol. The Morgan fingerprint density at radius 2 is 1.71 bits per heavy atom. The Kier molecular flexibility index (Phi) is 7.73. The number of carbonyl (C=O) groups excluding carboxylic acids is 2. The predicted octanol–water partition coefficient (Wildman–Crippen LogP) is 4.65. The number of carboxylic acid groups (broad SMARTS) is 1. The fourth-order valence-electron chi connectivity index (χ4n) is 5.35. The molecule has 2 aliphatic rings. The van der Waals surface area contributed by atoms with Crippen LogP contribution in [-0.4, -0.2) is 53.7 Å². The molecule has 0 saturated carbocycles. The number of hydrogen-bond acceptors (Lipinski definition) is 4. The molecule has 0 radical (unpaired) electrons. The quantitative estimate of drug-likeness (QED) is 0.576. The third-order valence-corrected chi connectivity index (χ3v) is 7.42. The fourth-order valence-corrected chi connectivity index (χ4v) is 5.35. The molecule has 1 fully saturated rings. The SMILES string of the molecule is CC(CCC(=O)N1CCCC(C(=O)O)C1C)CNC(=O)OCC1c2ccccc2-c2ccccc21. The molecule has 7 nitrogen and oxygen atoms in total. The van der Waals surface area contributed by atoms with Crippen LogP contribution in [0.2, 0.25) is 0 Å². The van der Waals surface area contributed by atoms with E-state index in [9.17, 15) is 19.5 Å². The molecule has 7 heteroatoms. The molecule has 1 aliphatic carbocycles. The van der Waals surface area contributed by atoms with Gasteiger partial charge in [-0.1, -0.05) is 55.5 Å². The maximum absolute atomic E-state index is 12.7. The van der Waals surface area contributed by atoms with E-state index in [-0.39, 0.29) is 30.4 Å². The minimum atomic E-state index is -0.837. The summed E-state index contributed by atoms with van der Waals surface area (Å²) in [7, 11) is 0. The highest BCUT2D eigenvalue weighted by molar-refractivity contribution is 5.79. The second-order valence-corrected chi connectivity index (χ2v) is 9.76. The fraction of sp³-hybridized carbons (Fsp3) is 0.464. The molecule has 0 bridgehead atoms. The number of carboxylic acids is 1. The summed E-state index contributed by atoms with van der Waals surface area (Å²) in [4.78, 5) is 38.2. The number of likely N-dealkylation sites (tertiary alicyclic amines) is 1. The Morgan fingerprint density at radius 3 is 2.34 bits per heavy atom. The highest BCUT2D eigenvalue weighted by Gasteiger charge is 2.35. The summed E-state index contributed by atoms with van der Waals surface area (Å²) in [6.07, 6.45) is 1.82. The van der Waals surface area contributed by atoms with Crippen molar-refractivity contribution >= 4 is 18.0 Å². The standard InChI is InChI=1S/C28H34N2O5/c1-18(13-14-26(31)30-15-7-12-20(19(30)2)27(32)33)16-29-28(34)35-17-25-23-10-5-3-8-21(23)22-9-4-6-11-24(22)25/h3-6,8-11,18-20,25H,7,12-17H2,1-2H3,(H,29,34)(H,32,33). The van der Waals surface area contributed by atoms with Gasteiger partial charge in [-0.3, -0.25) is 9.59 Å². The van der Waals surface area contributed by atoms with Crippen molar-refractivity contribution in [2.45, 2.75) is 51.5 Å². The van der Waals surface area contributed by atoms with Crippen LogP contribution in [0, 0.1) is 11.8 Å².